The number of hydrogen-bond donors (Lipinski definition) is 1. The Labute approximate surface area is 245 Å². The van der Waals surface area contributed by atoms with Crippen LogP contribution in [-0.2, 0) is 6.42 Å². The van der Waals surface area contributed by atoms with E-state index in [9.17, 15) is 25.0 Å². The lowest BCUT2D eigenvalue weighted by atomic mass is 10.00. The van der Waals surface area contributed by atoms with Gasteiger partial charge in [-0.05, 0) is 43.2 Å². The largest absolute Gasteiger partial charge is 0.487 e. The summed E-state index contributed by atoms with van der Waals surface area (Å²) < 4.78 is 11.7. The molecule has 0 radical (unpaired) electrons. The van der Waals surface area contributed by atoms with Crippen LogP contribution in [-0.4, -0.2) is 22.2 Å². The second-order valence-electron chi connectivity index (χ2n) is 9.85. The third-order valence-corrected chi connectivity index (χ3v) is 6.94. The highest BCUT2D eigenvalue weighted by atomic mass is 16.6. The number of fused-ring (bicyclic) bond motifs is 1. The van der Waals surface area contributed by atoms with Gasteiger partial charge in [0.25, 0.3) is 5.69 Å². The van der Waals surface area contributed by atoms with Gasteiger partial charge in [-0.2, -0.15) is 5.10 Å². The Bertz CT molecular complexity index is 1920. The fourth-order valence-corrected chi connectivity index (χ4v) is 4.55. The van der Waals surface area contributed by atoms with E-state index in [0.29, 0.717) is 34.6 Å². The molecule has 43 heavy (non-hydrogen) atoms. The van der Waals surface area contributed by atoms with E-state index in [4.69, 9.17) is 9.15 Å². The van der Waals surface area contributed by atoms with E-state index < -0.39 is 26.8 Å². The number of benzene rings is 4. The van der Waals surface area contributed by atoms with Crippen LogP contribution in [0.3, 0.4) is 0 Å². The van der Waals surface area contributed by atoms with Crippen molar-refractivity contribution < 1.29 is 19.0 Å². The maximum atomic E-state index is 12.9. The van der Waals surface area contributed by atoms with E-state index in [1.54, 1.807) is 12.1 Å². The van der Waals surface area contributed by atoms with Gasteiger partial charge >= 0.3 is 11.3 Å². The highest BCUT2D eigenvalue weighted by Gasteiger charge is 2.20. The molecule has 1 aromatic heterocycles. The van der Waals surface area contributed by atoms with Crippen molar-refractivity contribution >= 4 is 33.7 Å². The lowest BCUT2D eigenvalue weighted by Crippen LogP contribution is -2.15. The Kier molecular flexibility index (Phi) is 8.24. The van der Waals surface area contributed by atoms with Crippen LogP contribution in [0.2, 0.25) is 0 Å². The minimum Gasteiger partial charge on any atom is -0.487 e. The molecule has 5 rings (SSSR count). The van der Waals surface area contributed by atoms with Gasteiger partial charge in [0.2, 0.25) is 0 Å². The quantitative estimate of drug-likeness (QED) is 0.0831. The topological polar surface area (TPSA) is 150 Å². The molecule has 216 valence electrons. The second kappa shape index (κ2) is 12.4. The average molecular weight is 579 g/mol. The smallest absolute Gasteiger partial charge is 0.340 e. The number of aryl methyl sites for hydroxylation is 2. The summed E-state index contributed by atoms with van der Waals surface area (Å²) in [6.07, 6.45) is 0.458. The highest BCUT2D eigenvalue weighted by molar-refractivity contribution is 6.02. The van der Waals surface area contributed by atoms with Gasteiger partial charge in [0, 0.05) is 35.1 Å². The maximum Gasteiger partial charge on any atom is 0.340 e. The first-order valence-corrected chi connectivity index (χ1v) is 13.2. The van der Waals surface area contributed by atoms with Crippen LogP contribution in [0.25, 0.3) is 11.0 Å². The van der Waals surface area contributed by atoms with E-state index >= 15 is 0 Å². The Morgan fingerprint density at radius 3 is 2.35 bits per heavy atom. The molecule has 0 aliphatic carbocycles. The Morgan fingerprint density at radius 2 is 1.65 bits per heavy atom. The molecule has 0 aliphatic rings. The fourth-order valence-electron chi connectivity index (χ4n) is 4.55. The minimum absolute atomic E-state index is 0.0190. The number of ether oxygens (including phenoxy) is 1. The second-order valence-corrected chi connectivity index (χ2v) is 9.85. The van der Waals surface area contributed by atoms with Crippen molar-refractivity contribution in [3.8, 4) is 5.75 Å². The summed E-state index contributed by atoms with van der Waals surface area (Å²) in [5.41, 5.74) is 6.26. The van der Waals surface area contributed by atoms with Gasteiger partial charge in [-0.3, -0.25) is 25.7 Å². The molecule has 0 saturated carbocycles. The number of nitrogens with one attached hydrogen (secondary N) is 1. The van der Waals surface area contributed by atoms with E-state index in [-0.39, 0.29) is 12.3 Å². The van der Waals surface area contributed by atoms with Crippen molar-refractivity contribution in [3.63, 3.8) is 0 Å². The zero-order valence-corrected chi connectivity index (χ0v) is 23.3. The van der Waals surface area contributed by atoms with E-state index in [0.717, 1.165) is 34.2 Å². The summed E-state index contributed by atoms with van der Waals surface area (Å²) in [7, 11) is 0. The molecule has 11 heteroatoms. The summed E-state index contributed by atoms with van der Waals surface area (Å²) in [6.45, 7) is 3.78. The summed E-state index contributed by atoms with van der Waals surface area (Å²) in [6, 6.07) is 25.6. The van der Waals surface area contributed by atoms with Crippen molar-refractivity contribution in [2.75, 3.05) is 12.0 Å². The van der Waals surface area contributed by atoms with Gasteiger partial charge in [0.15, 0.2) is 0 Å². The van der Waals surface area contributed by atoms with E-state index in [1.165, 1.54) is 6.07 Å². The number of rotatable bonds is 10. The molecule has 1 heterocycles. The van der Waals surface area contributed by atoms with Crippen molar-refractivity contribution in [1.82, 2.24) is 0 Å². The molecule has 0 amide bonds. The van der Waals surface area contributed by atoms with Crippen LogP contribution in [0, 0.1) is 34.1 Å². The molecule has 0 saturated heterocycles. The molecule has 0 bridgehead atoms. The van der Waals surface area contributed by atoms with Crippen molar-refractivity contribution in [1.29, 1.82) is 0 Å². The first-order chi connectivity index (χ1) is 20.7. The van der Waals surface area contributed by atoms with Crippen LogP contribution in [0.4, 0.5) is 17.1 Å². The standard InChI is InChI=1S/C32H26N4O7/c1-20-8-10-23(11-9-20)29(34-33-28-15-12-24(35(38)39)17-30(28)36(40)41)19-42-25-13-14-26-21(2)27(32(37)43-31(26)18-25)16-22-6-4-3-5-7-22/h3-15,17-18,33H,16,19H2,1-2H3/b34-29-. The molecule has 0 spiro atoms. The summed E-state index contributed by atoms with van der Waals surface area (Å²) in [4.78, 5) is 34.1. The number of nitrogens with zero attached hydrogens (tertiary/aromatic N) is 3. The van der Waals surface area contributed by atoms with E-state index in [2.05, 4.69) is 10.5 Å². The van der Waals surface area contributed by atoms with Gasteiger partial charge in [0.05, 0.1) is 15.9 Å². The molecule has 11 nitrogen and oxygen atoms in total. The van der Waals surface area contributed by atoms with Gasteiger partial charge in [0.1, 0.15) is 29.3 Å². The number of non-ortho nitro benzene ring substituents is 1. The molecular formula is C32H26N4O7. The van der Waals surface area contributed by atoms with Crippen LogP contribution in [0.5, 0.6) is 5.75 Å². The molecule has 0 fully saturated rings. The lowest BCUT2D eigenvalue weighted by Gasteiger charge is -2.12. The summed E-state index contributed by atoms with van der Waals surface area (Å²) >= 11 is 0. The molecule has 0 aliphatic heterocycles. The van der Waals surface area contributed by atoms with Crippen molar-refractivity contribution in [2.24, 2.45) is 5.10 Å². The normalized spacial score (nSPS) is 11.3. The van der Waals surface area contributed by atoms with Crippen molar-refractivity contribution in [2.45, 2.75) is 20.3 Å². The number of nitro benzene ring substituents is 2. The predicted molar refractivity (Wildman–Crippen MR) is 163 cm³/mol. The van der Waals surface area contributed by atoms with Gasteiger partial charge in [-0.25, -0.2) is 4.79 Å². The zero-order chi connectivity index (χ0) is 30.5. The molecule has 4 aromatic carbocycles. The van der Waals surface area contributed by atoms with Gasteiger partial charge in [-0.1, -0.05) is 60.2 Å². The fraction of sp³-hybridized carbons (Fsp3) is 0.125. The highest BCUT2D eigenvalue weighted by Crippen LogP contribution is 2.29. The zero-order valence-electron chi connectivity index (χ0n) is 23.3. The number of hydrazone groups is 1. The molecule has 5 aromatic rings. The third kappa shape index (κ3) is 6.57. The number of anilines is 1. The van der Waals surface area contributed by atoms with Crippen molar-refractivity contribution in [3.05, 3.63) is 149 Å². The lowest BCUT2D eigenvalue weighted by molar-refractivity contribution is -0.393. The Balaban J connectivity index is 1.42. The predicted octanol–water partition coefficient (Wildman–Crippen LogP) is 6.71. The average Bonchev–Trinajstić information content (AvgIpc) is 3.00. The molecule has 1 N–H and O–H groups in total. The van der Waals surface area contributed by atoms with E-state index in [1.807, 2.05) is 74.5 Å². The summed E-state index contributed by atoms with van der Waals surface area (Å²) in [5, 5.41) is 27.8. The third-order valence-electron chi connectivity index (χ3n) is 6.94. The number of nitro groups is 2. The Morgan fingerprint density at radius 1 is 0.907 bits per heavy atom. The monoisotopic (exact) mass is 578 g/mol. The van der Waals surface area contributed by atoms with Crippen LogP contribution in [0.1, 0.15) is 27.8 Å². The first-order valence-electron chi connectivity index (χ1n) is 13.2. The Hall–Kier alpha value is -5.84. The van der Waals surface area contributed by atoms with Crippen LogP contribution < -0.4 is 15.8 Å². The summed E-state index contributed by atoms with van der Waals surface area (Å²) in [5.74, 6) is 0.423. The van der Waals surface area contributed by atoms with Gasteiger partial charge < -0.3 is 9.15 Å². The maximum absolute atomic E-state index is 12.9. The SMILES string of the molecule is Cc1ccc(/C(COc2ccc3c(C)c(Cc4ccccc4)c(=O)oc3c2)=N\Nc2ccc([N+](=O)[O-])cc2[N+](=O)[O-])cc1. The first kappa shape index (κ1) is 28.7. The van der Waals surface area contributed by atoms with Crippen LogP contribution >= 0.6 is 0 Å². The van der Waals surface area contributed by atoms with Crippen LogP contribution in [0.15, 0.2) is 105 Å². The van der Waals surface area contributed by atoms with Gasteiger partial charge in [-0.15, -0.1) is 0 Å². The number of hydrogen-bond acceptors (Lipinski definition) is 9. The molecule has 0 unspecified atom stereocenters. The minimum atomic E-state index is -0.719. The molecule has 0 atom stereocenters. The molecular weight excluding hydrogens is 552 g/mol.